The summed E-state index contributed by atoms with van der Waals surface area (Å²) < 4.78 is 5.94. The maximum atomic E-state index is 5.94. The van der Waals surface area contributed by atoms with Crippen molar-refractivity contribution in [2.45, 2.75) is 52.5 Å². The second-order valence-corrected chi connectivity index (χ2v) is 7.22. The van der Waals surface area contributed by atoms with Crippen molar-refractivity contribution in [3.05, 3.63) is 17.8 Å². The molecule has 0 amide bonds. The minimum absolute atomic E-state index is 0.0156. The Kier molecular flexibility index (Phi) is 3.76. The molecule has 1 aromatic heterocycles. The van der Waals surface area contributed by atoms with E-state index in [1.54, 1.807) is 0 Å². The van der Waals surface area contributed by atoms with E-state index in [1.807, 2.05) is 6.20 Å². The highest BCUT2D eigenvalue weighted by Gasteiger charge is 2.36. The van der Waals surface area contributed by atoms with Crippen LogP contribution in [0, 0.1) is 5.41 Å². The highest BCUT2D eigenvalue weighted by Crippen LogP contribution is 2.35. The lowest BCUT2D eigenvalue weighted by atomic mass is 9.90. The van der Waals surface area contributed by atoms with Crippen LogP contribution in [0.4, 0.5) is 0 Å². The van der Waals surface area contributed by atoms with E-state index in [9.17, 15) is 0 Å². The van der Waals surface area contributed by atoms with Crippen LogP contribution in [0.25, 0.3) is 0 Å². The van der Waals surface area contributed by atoms with E-state index < -0.39 is 0 Å². The molecule has 2 N–H and O–H groups in total. The van der Waals surface area contributed by atoms with E-state index in [4.69, 9.17) is 10.2 Å². The number of aromatic nitrogens is 1. The van der Waals surface area contributed by atoms with Crippen molar-refractivity contribution in [2.24, 2.45) is 11.1 Å². The van der Waals surface area contributed by atoms with E-state index >= 15 is 0 Å². The summed E-state index contributed by atoms with van der Waals surface area (Å²) in [6.45, 7) is 13.7. The number of hydrogen-bond acceptors (Lipinski definition) is 4. The molecule has 0 spiro atoms. The van der Waals surface area contributed by atoms with Gasteiger partial charge in [0.05, 0.1) is 12.2 Å². The summed E-state index contributed by atoms with van der Waals surface area (Å²) in [5, 5.41) is 0. The van der Waals surface area contributed by atoms with Crippen LogP contribution >= 0.6 is 0 Å². The van der Waals surface area contributed by atoms with Gasteiger partial charge in [-0.25, -0.2) is 4.98 Å². The topological polar surface area (TPSA) is 55.3 Å². The molecular formula is C15H27N3O. The third-order valence-electron chi connectivity index (χ3n) is 4.25. The van der Waals surface area contributed by atoms with Gasteiger partial charge in [0.25, 0.3) is 0 Å². The molecular weight excluding hydrogens is 238 g/mol. The molecule has 4 heteroatoms. The molecule has 1 saturated heterocycles. The van der Waals surface area contributed by atoms with Crippen LogP contribution in [-0.4, -0.2) is 29.5 Å². The lowest BCUT2D eigenvalue weighted by molar-refractivity contribution is 0.194. The van der Waals surface area contributed by atoms with E-state index in [-0.39, 0.29) is 16.9 Å². The normalized spacial score (nSPS) is 26.8. The van der Waals surface area contributed by atoms with Crippen molar-refractivity contribution in [1.82, 2.24) is 9.88 Å². The maximum absolute atomic E-state index is 5.94. The largest absolute Gasteiger partial charge is 0.443 e. The standard InChI is InChI=1S/C15H27N3O/c1-11(18-7-6-15(5,9-16)10-18)13-17-8-12(19-13)14(2,3)4/h8,11H,6-7,9-10,16H2,1-5H3. The van der Waals surface area contributed by atoms with E-state index in [2.05, 4.69) is 44.5 Å². The summed E-state index contributed by atoms with van der Waals surface area (Å²) in [6.07, 6.45) is 3.02. The Morgan fingerprint density at radius 3 is 2.68 bits per heavy atom. The van der Waals surface area contributed by atoms with Crippen LogP contribution in [0.1, 0.15) is 58.7 Å². The zero-order valence-corrected chi connectivity index (χ0v) is 12.9. The lowest BCUT2D eigenvalue weighted by Gasteiger charge is -2.25. The van der Waals surface area contributed by atoms with Crippen LogP contribution in [0.2, 0.25) is 0 Å². The predicted octanol–water partition coefficient (Wildman–Crippen LogP) is 2.70. The third-order valence-corrected chi connectivity index (χ3v) is 4.25. The van der Waals surface area contributed by atoms with Gasteiger partial charge in [0.1, 0.15) is 5.76 Å². The SMILES string of the molecule is CC(c1ncc(C(C)(C)C)o1)N1CCC(C)(CN)C1. The van der Waals surface area contributed by atoms with Crippen molar-refractivity contribution in [2.75, 3.05) is 19.6 Å². The second kappa shape index (κ2) is 4.91. The molecule has 19 heavy (non-hydrogen) atoms. The van der Waals surface area contributed by atoms with Gasteiger partial charge in [-0.05, 0) is 31.8 Å². The first-order chi connectivity index (χ1) is 8.75. The average Bonchev–Trinajstić information content (AvgIpc) is 2.94. The van der Waals surface area contributed by atoms with Gasteiger partial charge in [0.15, 0.2) is 0 Å². The highest BCUT2D eigenvalue weighted by molar-refractivity contribution is 5.08. The first-order valence-electron chi connectivity index (χ1n) is 7.15. The van der Waals surface area contributed by atoms with E-state index in [0.29, 0.717) is 0 Å². The van der Waals surface area contributed by atoms with Crippen molar-refractivity contribution in [1.29, 1.82) is 0 Å². The smallest absolute Gasteiger partial charge is 0.211 e. The predicted molar refractivity (Wildman–Crippen MR) is 77.0 cm³/mol. The van der Waals surface area contributed by atoms with Gasteiger partial charge in [-0.2, -0.15) is 0 Å². The van der Waals surface area contributed by atoms with Crippen molar-refractivity contribution < 1.29 is 4.42 Å². The van der Waals surface area contributed by atoms with Crippen LogP contribution in [0.5, 0.6) is 0 Å². The summed E-state index contributed by atoms with van der Waals surface area (Å²) >= 11 is 0. The van der Waals surface area contributed by atoms with Crippen LogP contribution in [0.3, 0.4) is 0 Å². The van der Waals surface area contributed by atoms with Crippen LogP contribution < -0.4 is 5.73 Å². The van der Waals surface area contributed by atoms with Gasteiger partial charge in [-0.3, -0.25) is 4.90 Å². The molecule has 0 aliphatic carbocycles. The molecule has 0 saturated carbocycles. The Bertz CT molecular complexity index is 435. The van der Waals surface area contributed by atoms with Crippen molar-refractivity contribution >= 4 is 0 Å². The molecule has 2 unspecified atom stereocenters. The molecule has 108 valence electrons. The minimum Gasteiger partial charge on any atom is -0.443 e. The highest BCUT2D eigenvalue weighted by atomic mass is 16.4. The van der Waals surface area contributed by atoms with Crippen molar-refractivity contribution in [3.8, 4) is 0 Å². The Morgan fingerprint density at radius 1 is 1.53 bits per heavy atom. The second-order valence-electron chi connectivity index (χ2n) is 7.22. The van der Waals surface area contributed by atoms with Crippen LogP contribution in [0.15, 0.2) is 10.6 Å². The van der Waals surface area contributed by atoms with Gasteiger partial charge in [-0.15, -0.1) is 0 Å². The van der Waals surface area contributed by atoms with E-state index in [0.717, 1.165) is 37.7 Å². The Labute approximate surface area is 116 Å². The number of oxazole rings is 1. The molecule has 1 aliphatic heterocycles. The fraction of sp³-hybridized carbons (Fsp3) is 0.800. The average molecular weight is 265 g/mol. The molecule has 2 rings (SSSR count). The van der Waals surface area contributed by atoms with E-state index in [1.165, 1.54) is 0 Å². The summed E-state index contributed by atoms with van der Waals surface area (Å²) in [6, 6.07) is 0.226. The first-order valence-corrected chi connectivity index (χ1v) is 7.15. The monoisotopic (exact) mass is 265 g/mol. The van der Waals surface area contributed by atoms with Gasteiger partial charge in [0, 0.05) is 12.0 Å². The molecule has 0 bridgehead atoms. The number of nitrogens with zero attached hydrogens (tertiary/aromatic N) is 2. The number of likely N-dealkylation sites (tertiary alicyclic amines) is 1. The zero-order chi connectivity index (χ0) is 14.3. The fourth-order valence-corrected chi connectivity index (χ4v) is 2.54. The number of hydrogen-bond donors (Lipinski definition) is 1. The Morgan fingerprint density at radius 2 is 2.21 bits per heavy atom. The quantitative estimate of drug-likeness (QED) is 0.913. The summed E-state index contributed by atoms with van der Waals surface area (Å²) in [5.74, 6) is 1.78. The summed E-state index contributed by atoms with van der Waals surface area (Å²) in [7, 11) is 0. The number of rotatable bonds is 3. The Hall–Kier alpha value is -0.870. The lowest BCUT2D eigenvalue weighted by Crippen LogP contribution is -2.32. The molecule has 0 radical (unpaired) electrons. The Balaban J connectivity index is 2.09. The fourth-order valence-electron chi connectivity index (χ4n) is 2.54. The summed E-state index contributed by atoms with van der Waals surface area (Å²) in [4.78, 5) is 6.88. The first kappa shape index (κ1) is 14.5. The molecule has 2 heterocycles. The van der Waals surface area contributed by atoms with Crippen molar-refractivity contribution in [3.63, 3.8) is 0 Å². The molecule has 1 fully saturated rings. The maximum Gasteiger partial charge on any atom is 0.211 e. The summed E-state index contributed by atoms with van der Waals surface area (Å²) in [5.41, 5.74) is 6.12. The zero-order valence-electron chi connectivity index (χ0n) is 12.9. The van der Waals surface area contributed by atoms with Gasteiger partial charge in [0.2, 0.25) is 5.89 Å². The molecule has 2 atom stereocenters. The number of nitrogens with two attached hydrogens (primary N) is 1. The molecule has 4 nitrogen and oxygen atoms in total. The molecule has 1 aliphatic rings. The third kappa shape index (κ3) is 3.00. The molecule has 0 aromatic carbocycles. The van der Waals surface area contributed by atoms with Gasteiger partial charge < -0.3 is 10.2 Å². The van der Waals surface area contributed by atoms with Gasteiger partial charge in [-0.1, -0.05) is 27.7 Å². The molecule has 1 aromatic rings. The van der Waals surface area contributed by atoms with Crippen LogP contribution in [-0.2, 0) is 5.41 Å². The van der Waals surface area contributed by atoms with Gasteiger partial charge >= 0.3 is 0 Å². The minimum atomic E-state index is 0.0156.